The van der Waals surface area contributed by atoms with Crippen molar-refractivity contribution in [2.75, 3.05) is 19.0 Å². The molecule has 1 rings (SSSR count). The van der Waals surface area contributed by atoms with E-state index in [2.05, 4.69) is 15.3 Å². The number of ether oxygens (including phenoxy) is 1. The molecule has 0 unspecified atom stereocenters. The third kappa shape index (κ3) is 2.71. The van der Waals surface area contributed by atoms with Gasteiger partial charge < -0.3 is 15.2 Å². The Balaban J connectivity index is 2.80. The third-order valence-electron chi connectivity index (χ3n) is 1.53. The molecule has 0 saturated carbocycles. The number of halogens is 1. The fraction of sp³-hybridized carbons (Fsp3) is 0.500. The molecule has 1 heterocycles. The second-order valence-corrected chi connectivity index (χ2v) is 3.13. The molecule has 78 valence electrons. The van der Waals surface area contributed by atoms with Crippen molar-refractivity contribution in [3.8, 4) is 5.75 Å². The smallest absolute Gasteiger partial charge is 0.198 e. The monoisotopic (exact) mass is 217 g/mol. The number of aliphatic hydroxyl groups is 1. The van der Waals surface area contributed by atoms with Crippen LogP contribution < -0.4 is 10.1 Å². The van der Waals surface area contributed by atoms with E-state index < -0.39 is 6.10 Å². The van der Waals surface area contributed by atoms with Crippen LogP contribution in [0, 0.1) is 0 Å². The van der Waals surface area contributed by atoms with E-state index in [1.165, 1.54) is 13.4 Å². The number of hydrogen-bond donors (Lipinski definition) is 2. The Kier molecular flexibility index (Phi) is 3.91. The summed E-state index contributed by atoms with van der Waals surface area (Å²) < 4.78 is 5.01. The molecule has 0 bridgehead atoms. The number of anilines is 1. The summed E-state index contributed by atoms with van der Waals surface area (Å²) in [5, 5.41) is 12.2. The van der Waals surface area contributed by atoms with E-state index in [0.717, 1.165) is 0 Å². The van der Waals surface area contributed by atoms with Gasteiger partial charge in [0.2, 0.25) is 0 Å². The summed E-state index contributed by atoms with van der Waals surface area (Å²) in [5.74, 6) is 0.864. The van der Waals surface area contributed by atoms with Gasteiger partial charge >= 0.3 is 0 Å². The summed E-state index contributed by atoms with van der Waals surface area (Å²) in [6.45, 7) is 2.05. The minimum absolute atomic E-state index is 0.246. The largest absolute Gasteiger partial charge is 0.490 e. The molecule has 0 aliphatic rings. The standard InChI is InChI=1S/C8H12ClN3O2/c1-5(13)3-10-8-6(14-2)7(9)11-4-12-8/h4-5,13H,3H2,1-2H3,(H,10,11,12)/t5-/m0/s1. The van der Waals surface area contributed by atoms with Crippen LogP contribution in [0.2, 0.25) is 5.15 Å². The predicted molar refractivity (Wildman–Crippen MR) is 53.8 cm³/mol. The van der Waals surface area contributed by atoms with Crippen LogP contribution >= 0.6 is 11.6 Å². The van der Waals surface area contributed by atoms with Gasteiger partial charge in [0.05, 0.1) is 13.2 Å². The highest BCUT2D eigenvalue weighted by atomic mass is 35.5. The van der Waals surface area contributed by atoms with Gasteiger partial charge in [-0.1, -0.05) is 11.6 Å². The second kappa shape index (κ2) is 4.97. The molecule has 1 atom stereocenters. The maximum absolute atomic E-state index is 9.07. The molecule has 1 aromatic rings. The summed E-state index contributed by atoms with van der Waals surface area (Å²) in [5.41, 5.74) is 0. The summed E-state index contributed by atoms with van der Waals surface area (Å²) >= 11 is 5.77. The normalized spacial score (nSPS) is 12.3. The molecule has 0 aliphatic carbocycles. The van der Waals surface area contributed by atoms with Crippen LogP contribution in [0.3, 0.4) is 0 Å². The lowest BCUT2D eigenvalue weighted by Gasteiger charge is -2.11. The molecule has 0 aromatic carbocycles. The molecule has 0 saturated heterocycles. The molecule has 1 aromatic heterocycles. The van der Waals surface area contributed by atoms with Crippen molar-refractivity contribution in [3.05, 3.63) is 11.5 Å². The minimum atomic E-state index is -0.464. The van der Waals surface area contributed by atoms with Crippen LogP contribution in [0.15, 0.2) is 6.33 Å². The zero-order valence-corrected chi connectivity index (χ0v) is 8.75. The van der Waals surface area contributed by atoms with Gasteiger partial charge in [0.25, 0.3) is 0 Å². The Morgan fingerprint density at radius 2 is 2.36 bits per heavy atom. The van der Waals surface area contributed by atoms with Crippen molar-refractivity contribution in [1.29, 1.82) is 0 Å². The Morgan fingerprint density at radius 3 is 2.93 bits per heavy atom. The molecule has 5 nitrogen and oxygen atoms in total. The van der Waals surface area contributed by atoms with E-state index in [9.17, 15) is 0 Å². The van der Waals surface area contributed by atoms with Crippen molar-refractivity contribution in [1.82, 2.24) is 9.97 Å². The Bertz CT molecular complexity index is 307. The summed E-state index contributed by atoms with van der Waals surface area (Å²) in [6.07, 6.45) is 0.864. The Hall–Kier alpha value is -1.07. The molecule has 6 heteroatoms. The van der Waals surface area contributed by atoms with Crippen molar-refractivity contribution in [3.63, 3.8) is 0 Å². The molecular formula is C8H12ClN3O2. The van der Waals surface area contributed by atoms with E-state index in [-0.39, 0.29) is 5.15 Å². The Morgan fingerprint density at radius 1 is 1.64 bits per heavy atom. The van der Waals surface area contributed by atoms with Gasteiger partial charge in [-0.3, -0.25) is 0 Å². The average molecular weight is 218 g/mol. The fourth-order valence-corrected chi connectivity index (χ4v) is 1.11. The first kappa shape index (κ1) is 11.0. The molecule has 2 N–H and O–H groups in total. The number of hydrogen-bond acceptors (Lipinski definition) is 5. The van der Waals surface area contributed by atoms with Crippen molar-refractivity contribution in [2.45, 2.75) is 13.0 Å². The van der Waals surface area contributed by atoms with Crippen LogP contribution in [0.25, 0.3) is 0 Å². The lowest BCUT2D eigenvalue weighted by atomic mass is 10.4. The topological polar surface area (TPSA) is 67.3 Å². The molecule has 14 heavy (non-hydrogen) atoms. The van der Waals surface area contributed by atoms with E-state index in [0.29, 0.717) is 18.1 Å². The summed E-state index contributed by atoms with van der Waals surface area (Å²) in [6, 6.07) is 0. The van der Waals surface area contributed by atoms with Gasteiger partial charge in [-0.25, -0.2) is 9.97 Å². The highest BCUT2D eigenvalue weighted by molar-refractivity contribution is 6.31. The molecule has 0 amide bonds. The van der Waals surface area contributed by atoms with Gasteiger partial charge in [-0.05, 0) is 6.92 Å². The maximum Gasteiger partial charge on any atom is 0.198 e. The fourth-order valence-electron chi connectivity index (χ4n) is 0.903. The van der Waals surface area contributed by atoms with Gasteiger partial charge in [-0.2, -0.15) is 0 Å². The highest BCUT2D eigenvalue weighted by Gasteiger charge is 2.09. The number of methoxy groups -OCH3 is 1. The van der Waals surface area contributed by atoms with Gasteiger partial charge in [-0.15, -0.1) is 0 Å². The molecule has 0 aliphatic heterocycles. The van der Waals surface area contributed by atoms with Crippen LogP contribution in [0.1, 0.15) is 6.92 Å². The summed E-state index contributed by atoms with van der Waals surface area (Å²) in [7, 11) is 1.48. The zero-order chi connectivity index (χ0) is 10.6. The van der Waals surface area contributed by atoms with Crippen molar-refractivity contribution in [2.24, 2.45) is 0 Å². The number of aliphatic hydroxyl groups excluding tert-OH is 1. The van der Waals surface area contributed by atoms with Gasteiger partial charge in [0, 0.05) is 6.54 Å². The van der Waals surface area contributed by atoms with Crippen LogP contribution in [0.5, 0.6) is 5.75 Å². The first-order valence-corrected chi connectivity index (χ1v) is 4.49. The third-order valence-corrected chi connectivity index (χ3v) is 1.80. The van der Waals surface area contributed by atoms with Crippen LogP contribution in [-0.2, 0) is 0 Å². The SMILES string of the molecule is COc1c(Cl)ncnc1NC[C@H](C)O. The number of nitrogens with zero attached hydrogens (tertiary/aromatic N) is 2. The number of rotatable bonds is 4. The van der Waals surface area contributed by atoms with E-state index >= 15 is 0 Å². The predicted octanol–water partition coefficient (Wildman–Crippen LogP) is 0.931. The Labute approximate surface area is 87.1 Å². The van der Waals surface area contributed by atoms with Crippen molar-refractivity contribution >= 4 is 17.4 Å². The van der Waals surface area contributed by atoms with Crippen LogP contribution in [-0.4, -0.2) is 34.8 Å². The maximum atomic E-state index is 9.07. The number of nitrogens with one attached hydrogen (secondary N) is 1. The van der Waals surface area contributed by atoms with E-state index in [1.807, 2.05) is 0 Å². The first-order chi connectivity index (χ1) is 6.65. The van der Waals surface area contributed by atoms with Gasteiger partial charge in [0.15, 0.2) is 16.7 Å². The first-order valence-electron chi connectivity index (χ1n) is 4.11. The zero-order valence-electron chi connectivity index (χ0n) is 7.99. The lowest BCUT2D eigenvalue weighted by Crippen LogP contribution is -2.16. The van der Waals surface area contributed by atoms with Crippen LogP contribution in [0.4, 0.5) is 5.82 Å². The average Bonchev–Trinajstić information content (AvgIpc) is 2.14. The quantitative estimate of drug-likeness (QED) is 0.735. The molecule has 0 spiro atoms. The second-order valence-electron chi connectivity index (χ2n) is 2.78. The number of aromatic nitrogens is 2. The summed E-state index contributed by atoms with van der Waals surface area (Å²) in [4.78, 5) is 7.70. The molecule has 0 fully saturated rings. The van der Waals surface area contributed by atoms with Crippen molar-refractivity contribution < 1.29 is 9.84 Å². The minimum Gasteiger partial charge on any atom is -0.490 e. The molecule has 0 radical (unpaired) electrons. The van der Waals surface area contributed by atoms with E-state index in [4.69, 9.17) is 21.4 Å². The lowest BCUT2D eigenvalue weighted by molar-refractivity contribution is 0.208. The van der Waals surface area contributed by atoms with Gasteiger partial charge in [0.1, 0.15) is 6.33 Å². The highest BCUT2D eigenvalue weighted by Crippen LogP contribution is 2.27. The molecular weight excluding hydrogens is 206 g/mol. The van der Waals surface area contributed by atoms with E-state index in [1.54, 1.807) is 6.92 Å².